The lowest BCUT2D eigenvalue weighted by atomic mass is 9.45. The van der Waals surface area contributed by atoms with E-state index in [0.29, 0.717) is 0 Å². The van der Waals surface area contributed by atoms with Gasteiger partial charge in [-0.15, -0.1) is 0 Å². The minimum absolute atomic E-state index is 0.0800. The highest BCUT2D eigenvalue weighted by atomic mass is 19.1. The first-order valence-electron chi connectivity index (χ1n) is 7.66. The molecule has 1 aromatic carbocycles. The normalized spacial score (nSPS) is 43.7. The molecule has 1 nitrogen and oxygen atoms in total. The van der Waals surface area contributed by atoms with E-state index in [2.05, 4.69) is 6.07 Å². The molecule has 2 heteroatoms. The molecule has 0 saturated heterocycles. The van der Waals surface area contributed by atoms with Gasteiger partial charge in [0.2, 0.25) is 0 Å². The van der Waals surface area contributed by atoms with Crippen molar-refractivity contribution < 1.29 is 4.39 Å². The molecule has 0 spiro atoms. The fourth-order valence-corrected chi connectivity index (χ4v) is 5.69. The fraction of sp³-hybridized carbons (Fsp3) is 0.647. The Balaban J connectivity index is 1.73. The molecule has 4 saturated carbocycles. The largest absolute Gasteiger partial charge is 0.330 e. The van der Waals surface area contributed by atoms with E-state index in [4.69, 9.17) is 5.73 Å². The van der Waals surface area contributed by atoms with Crippen molar-refractivity contribution in [3.63, 3.8) is 0 Å². The van der Waals surface area contributed by atoms with Gasteiger partial charge in [0.25, 0.3) is 0 Å². The van der Waals surface area contributed by atoms with Crippen molar-refractivity contribution in [1.82, 2.24) is 0 Å². The van der Waals surface area contributed by atoms with Crippen LogP contribution in [0.1, 0.15) is 37.7 Å². The summed E-state index contributed by atoms with van der Waals surface area (Å²) in [5.41, 5.74) is 7.52. The van der Waals surface area contributed by atoms with E-state index in [0.717, 1.165) is 30.2 Å². The maximum atomic E-state index is 13.6. The second-order valence-corrected chi connectivity index (χ2v) is 7.16. The van der Waals surface area contributed by atoms with Crippen molar-refractivity contribution in [3.8, 4) is 0 Å². The van der Waals surface area contributed by atoms with E-state index in [1.807, 2.05) is 6.07 Å². The fourth-order valence-electron chi connectivity index (χ4n) is 5.69. The summed E-state index contributed by atoms with van der Waals surface area (Å²) in [7, 11) is 0. The van der Waals surface area contributed by atoms with Crippen molar-refractivity contribution in [2.75, 3.05) is 6.54 Å². The molecule has 2 atom stereocenters. The number of rotatable bonds is 2. The van der Waals surface area contributed by atoms with Gasteiger partial charge in [-0.25, -0.2) is 4.39 Å². The molecule has 0 heterocycles. The second-order valence-electron chi connectivity index (χ2n) is 7.16. The molecule has 4 bridgehead atoms. The third-order valence-electron chi connectivity index (χ3n) is 6.18. The molecular weight excluding hydrogens is 237 g/mol. The minimum Gasteiger partial charge on any atom is -0.330 e. The van der Waals surface area contributed by atoms with Crippen LogP contribution in [0, 0.1) is 29.5 Å². The molecule has 4 aliphatic rings. The molecule has 2 N–H and O–H groups in total. The topological polar surface area (TPSA) is 26.0 Å². The van der Waals surface area contributed by atoms with Crippen LogP contribution in [0.2, 0.25) is 0 Å². The zero-order valence-electron chi connectivity index (χ0n) is 11.3. The smallest absolute Gasteiger partial charge is 0.123 e. The van der Waals surface area contributed by atoms with Crippen LogP contribution in [0.3, 0.4) is 0 Å². The Labute approximate surface area is 114 Å². The van der Waals surface area contributed by atoms with Gasteiger partial charge >= 0.3 is 0 Å². The summed E-state index contributed by atoms with van der Waals surface area (Å²) in [5.74, 6) is 3.10. The van der Waals surface area contributed by atoms with Gasteiger partial charge in [-0.05, 0) is 85.4 Å². The predicted octanol–water partition coefficient (Wildman–Crippen LogP) is 3.48. The lowest BCUT2D eigenvalue weighted by Gasteiger charge is -2.60. The van der Waals surface area contributed by atoms with Gasteiger partial charge in [-0.2, -0.15) is 0 Å². The number of hydrogen-bond donors (Lipinski definition) is 1. The summed E-state index contributed by atoms with van der Waals surface area (Å²) in [6.07, 6.45) is 6.50. The summed E-state index contributed by atoms with van der Waals surface area (Å²) in [5, 5.41) is 0. The highest BCUT2D eigenvalue weighted by Gasteiger charge is 2.55. The van der Waals surface area contributed by atoms with Crippen LogP contribution in [-0.4, -0.2) is 6.54 Å². The molecule has 5 rings (SSSR count). The van der Waals surface area contributed by atoms with Crippen LogP contribution in [0.25, 0.3) is 0 Å². The van der Waals surface area contributed by atoms with Crippen LogP contribution < -0.4 is 5.73 Å². The zero-order valence-corrected chi connectivity index (χ0v) is 11.3. The average molecular weight is 259 g/mol. The van der Waals surface area contributed by atoms with E-state index in [9.17, 15) is 4.39 Å². The first-order valence-corrected chi connectivity index (χ1v) is 7.66. The maximum Gasteiger partial charge on any atom is 0.123 e. The predicted molar refractivity (Wildman–Crippen MR) is 74.2 cm³/mol. The Morgan fingerprint density at radius 2 is 1.89 bits per heavy atom. The lowest BCUT2D eigenvalue weighted by molar-refractivity contribution is -0.0524. The second kappa shape index (κ2) is 4.05. The molecule has 0 aliphatic heterocycles. The van der Waals surface area contributed by atoms with Crippen LogP contribution in [-0.2, 0) is 5.41 Å². The highest BCUT2D eigenvalue weighted by molar-refractivity contribution is 5.30. The first kappa shape index (κ1) is 11.9. The zero-order chi connectivity index (χ0) is 13.0. The molecule has 19 heavy (non-hydrogen) atoms. The van der Waals surface area contributed by atoms with Crippen molar-refractivity contribution in [2.45, 2.75) is 37.5 Å². The highest BCUT2D eigenvalue weighted by Crippen LogP contribution is 2.62. The first-order chi connectivity index (χ1) is 9.20. The van der Waals surface area contributed by atoms with Gasteiger partial charge in [0, 0.05) is 0 Å². The molecule has 0 amide bonds. The van der Waals surface area contributed by atoms with Crippen LogP contribution in [0.15, 0.2) is 24.3 Å². The minimum atomic E-state index is -0.0800. The monoisotopic (exact) mass is 259 g/mol. The molecule has 0 aromatic heterocycles. The van der Waals surface area contributed by atoms with Gasteiger partial charge in [0.15, 0.2) is 0 Å². The molecule has 1 aromatic rings. The van der Waals surface area contributed by atoms with Crippen molar-refractivity contribution in [3.05, 3.63) is 35.6 Å². The molecule has 4 fully saturated rings. The Bertz CT molecular complexity index is 482. The van der Waals surface area contributed by atoms with Gasteiger partial charge in [-0.1, -0.05) is 12.1 Å². The maximum absolute atomic E-state index is 13.6. The standard InChI is InChI=1S/C17H22FN/c18-15-3-1-2-14(6-15)17-7-11-4-12(8-17)16(10-19)13(5-11)9-17/h1-3,6,11-13,16H,4-5,7-10,19H2. The summed E-state index contributed by atoms with van der Waals surface area (Å²) < 4.78 is 13.6. The van der Waals surface area contributed by atoms with E-state index in [1.165, 1.54) is 37.7 Å². The molecular formula is C17H22FN. The SMILES string of the molecule is NCC1C2CC3CC1CC(c1cccc(F)c1)(C3)C2. The van der Waals surface area contributed by atoms with E-state index in [1.54, 1.807) is 12.1 Å². The van der Waals surface area contributed by atoms with Gasteiger partial charge in [0.1, 0.15) is 5.82 Å². The number of halogens is 1. The molecule has 4 aliphatic carbocycles. The van der Waals surface area contributed by atoms with Crippen LogP contribution >= 0.6 is 0 Å². The Kier molecular flexibility index (Phi) is 2.54. The molecule has 0 radical (unpaired) electrons. The summed E-state index contributed by atoms with van der Waals surface area (Å²) in [6, 6.07) is 7.37. The number of benzene rings is 1. The Morgan fingerprint density at radius 3 is 2.53 bits per heavy atom. The third kappa shape index (κ3) is 1.69. The summed E-state index contributed by atoms with van der Waals surface area (Å²) in [6.45, 7) is 0.848. The van der Waals surface area contributed by atoms with Gasteiger partial charge < -0.3 is 5.73 Å². The van der Waals surface area contributed by atoms with Crippen LogP contribution in [0.4, 0.5) is 4.39 Å². The van der Waals surface area contributed by atoms with Gasteiger partial charge in [0.05, 0.1) is 0 Å². The Hall–Kier alpha value is -0.890. The van der Waals surface area contributed by atoms with E-state index in [-0.39, 0.29) is 11.2 Å². The van der Waals surface area contributed by atoms with E-state index < -0.39 is 0 Å². The average Bonchev–Trinajstić information content (AvgIpc) is 2.38. The van der Waals surface area contributed by atoms with Crippen LogP contribution in [0.5, 0.6) is 0 Å². The summed E-state index contributed by atoms with van der Waals surface area (Å²) in [4.78, 5) is 0. The summed E-state index contributed by atoms with van der Waals surface area (Å²) >= 11 is 0. The quantitative estimate of drug-likeness (QED) is 0.864. The van der Waals surface area contributed by atoms with Gasteiger partial charge in [-0.3, -0.25) is 0 Å². The number of hydrogen-bond acceptors (Lipinski definition) is 1. The lowest BCUT2D eigenvalue weighted by Crippen LogP contribution is -2.54. The van der Waals surface area contributed by atoms with Crippen molar-refractivity contribution in [2.24, 2.45) is 29.4 Å². The Morgan fingerprint density at radius 1 is 1.16 bits per heavy atom. The third-order valence-corrected chi connectivity index (χ3v) is 6.18. The van der Waals surface area contributed by atoms with E-state index >= 15 is 0 Å². The molecule has 102 valence electrons. The number of nitrogens with two attached hydrogens (primary N) is 1. The van der Waals surface area contributed by atoms with Crippen molar-refractivity contribution in [1.29, 1.82) is 0 Å². The molecule has 2 unspecified atom stereocenters. The van der Waals surface area contributed by atoms with Crippen molar-refractivity contribution >= 4 is 0 Å².